The number of aromatic nitrogens is 2. The number of anilines is 1. The minimum absolute atomic E-state index is 0.125. The Balaban J connectivity index is 2.09. The maximum atomic E-state index is 12.4. The van der Waals surface area contributed by atoms with Crippen molar-refractivity contribution in [3.8, 4) is 11.5 Å². The molecule has 1 aromatic heterocycles. The Kier molecular flexibility index (Phi) is 5.32. The molecule has 118 valence electrons. The van der Waals surface area contributed by atoms with Gasteiger partial charge in [-0.05, 0) is 19.1 Å². The summed E-state index contributed by atoms with van der Waals surface area (Å²) >= 11 is 1.40. The molecule has 22 heavy (non-hydrogen) atoms. The van der Waals surface area contributed by atoms with Gasteiger partial charge in [0, 0.05) is 25.5 Å². The van der Waals surface area contributed by atoms with E-state index in [2.05, 4.69) is 10.3 Å². The van der Waals surface area contributed by atoms with Crippen LogP contribution >= 0.6 is 11.8 Å². The molecular weight excluding hydrogens is 302 g/mol. The Bertz CT molecular complexity index is 657. The number of aryl methyl sites for hydroxylation is 1. The summed E-state index contributed by atoms with van der Waals surface area (Å²) in [6.07, 6.45) is 3.55. The van der Waals surface area contributed by atoms with Gasteiger partial charge in [0.25, 0.3) is 0 Å². The van der Waals surface area contributed by atoms with Crippen LogP contribution in [0.15, 0.2) is 35.7 Å². The first-order chi connectivity index (χ1) is 10.5. The Morgan fingerprint density at radius 2 is 2.14 bits per heavy atom. The highest BCUT2D eigenvalue weighted by Gasteiger charge is 2.18. The molecule has 0 aliphatic carbocycles. The van der Waals surface area contributed by atoms with Gasteiger partial charge in [0.1, 0.15) is 11.5 Å². The molecule has 6 nitrogen and oxygen atoms in total. The Morgan fingerprint density at radius 3 is 2.73 bits per heavy atom. The molecule has 0 radical (unpaired) electrons. The van der Waals surface area contributed by atoms with Gasteiger partial charge >= 0.3 is 0 Å². The highest BCUT2D eigenvalue weighted by atomic mass is 32.2. The van der Waals surface area contributed by atoms with Crippen LogP contribution in [0.25, 0.3) is 0 Å². The molecule has 1 N–H and O–H groups in total. The molecule has 0 bridgehead atoms. The molecule has 0 aliphatic heterocycles. The van der Waals surface area contributed by atoms with Crippen LogP contribution in [0.1, 0.15) is 6.92 Å². The Labute approximate surface area is 133 Å². The second kappa shape index (κ2) is 7.22. The zero-order chi connectivity index (χ0) is 16.1. The van der Waals surface area contributed by atoms with Crippen molar-refractivity contribution in [1.82, 2.24) is 9.55 Å². The molecule has 0 spiro atoms. The van der Waals surface area contributed by atoms with Gasteiger partial charge < -0.3 is 19.4 Å². The maximum absolute atomic E-state index is 12.4. The third-order valence-corrected chi connectivity index (χ3v) is 4.26. The highest BCUT2D eigenvalue weighted by molar-refractivity contribution is 8.00. The van der Waals surface area contributed by atoms with Crippen molar-refractivity contribution in [1.29, 1.82) is 0 Å². The number of benzene rings is 1. The fraction of sp³-hybridized carbons (Fsp3) is 0.333. The summed E-state index contributed by atoms with van der Waals surface area (Å²) in [4.78, 5) is 16.6. The largest absolute Gasteiger partial charge is 0.497 e. The molecule has 0 saturated carbocycles. The van der Waals surface area contributed by atoms with Crippen LogP contribution in [0.2, 0.25) is 0 Å². The van der Waals surface area contributed by atoms with Gasteiger partial charge in [-0.15, -0.1) is 0 Å². The van der Waals surface area contributed by atoms with Gasteiger partial charge in [0.15, 0.2) is 5.16 Å². The standard InChI is InChI=1S/C15H19N3O3S/c1-10(22-15-16-7-8-18(15)2)14(19)17-12-9-11(20-3)5-6-13(12)21-4/h5-10H,1-4H3,(H,17,19)/t10-/m1/s1. The molecule has 0 aliphatic rings. The quantitative estimate of drug-likeness (QED) is 0.828. The van der Waals surface area contributed by atoms with E-state index in [0.717, 1.165) is 5.16 Å². The predicted octanol–water partition coefficient (Wildman–Crippen LogP) is 2.56. The molecule has 2 aromatic rings. The lowest BCUT2D eigenvalue weighted by atomic mass is 10.2. The van der Waals surface area contributed by atoms with E-state index in [-0.39, 0.29) is 11.2 Å². The predicted molar refractivity (Wildman–Crippen MR) is 86.7 cm³/mol. The van der Waals surface area contributed by atoms with E-state index in [4.69, 9.17) is 9.47 Å². The van der Waals surface area contributed by atoms with Crippen molar-refractivity contribution < 1.29 is 14.3 Å². The summed E-state index contributed by atoms with van der Waals surface area (Å²) in [7, 11) is 5.03. The average Bonchev–Trinajstić information content (AvgIpc) is 2.92. The number of nitrogens with zero attached hydrogens (tertiary/aromatic N) is 2. The van der Waals surface area contributed by atoms with Crippen molar-refractivity contribution in [2.24, 2.45) is 7.05 Å². The minimum atomic E-state index is -0.294. The van der Waals surface area contributed by atoms with E-state index in [1.165, 1.54) is 11.8 Å². The summed E-state index contributed by atoms with van der Waals surface area (Å²) in [5.74, 6) is 1.11. The van der Waals surface area contributed by atoms with Crippen LogP contribution in [0, 0.1) is 0 Å². The molecule has 1 amide bonds. The van der Waals surface area contributed by atoms with Crippen LogP contribution in [0.3, 0.4) is 0 Å². The normalized spacial score (nSPS) is 11.8. The Hall–Kier alpha value is -2.15. The number of imidazole rings is 1. The third kappa shape index (κ3) is 3.73. The van der Waals surface area contributed by atoms with E-state index in [0.29, 0.717) is 17.2 Å². The van der Waals surface area contributed by atoms with E-state index in [9.17, 15) is 4.79 Å². The molecule has 1 atom stereocenters. The van der Waals surface area contributed by atoms with Crippen molar-refractivity contribution in [3.63, 3.8) is 0 Å². The molecule has 0 fully saturated rings. The molecule has 1 aromatic carbocycles. The average molecular weight is 321 g/mol. The zero-order valence-corrected chi connectivity index (χ0v) is 13.8. The Morgan fingerprint density at radius 1 is 1.36 bits per heavy atom. The number of carbonyl (C=O) groups is 1. The van der Waals surface area contributed by atoms with Crippen molar-refractivity contribution >= 4 is 23.4 Å². The van der Waals surface area contributed by atoms with Crippen LogP contribution in [-0.4, -0.2) is 34.9 Å². The van der Waals surface area contributed by atoms with E-state index < -0.39 is 0 Å². The summed E-state index contributed by atoms with van der Waals surface area (Å²) in [6.45, 7) is 1.83. The first-order valence-corrected chi connectivity index (χ1v) is 7.60. The lowest BCUT2D eigenvalue weighted by Crippen LogP contribution is -2.23. The topological polar surface area (TPSA) is 65.4 Å². The minimum Gasteiger partial charge on any atom is -0.497 e. The van der Waals surface area contributed by atoms with Gasteiger partial charge in [-0.25, -0.2) is 4.98 Å². The summed E-state index contributed by atoms with van der Waals surface area (Å²) in [6, 6.07) is 5.26. The lowest BCUT2D eigenvalue weighted by Gasteiger charge is -2.14. The van der Waals surface area contributed by atoms with E-state index >= 15 is 0 Å². The molecule has 0 unspecified atom stereocenters. The number of rotatable bonds is 6. The monoisotopic (exact) mass is 321 g/mol. The number of nitrogens with one attached hydrogen (secondary N) is 1. The first kappa shape index (κ1) is 16.2. The number of hydrogen-bond acceptors (Lipinski definition) is 5. The van der Waals surface area contributed by atoms with Crippen molar-refractivity contribution in [2.45, 2.75) is 17.3 Å². The molecule has 1 heterocycles. The van der Waals surface area contributed by atoms with Crippen LogP contribution < -0.4 is 14.8 Å². The van der Waals surface area contributed by atoms with Gasteiger partial charge in [-0.2, -0.15) is 0 Å². The van der Waals surface area contributed by atoms with Crippen molar-refractivity contribution in [2.75, 3.05) is 19.5 Å². The first-order valence-electron chi connectivity index (χ1n) is 6.72. The van der Waals surface area contributed by atoms with Gasteiger partial charge in [-0.3, -0.25) is 4.79 Å². The molecule has 7 heteroatoms. The molecule has 0 saturated heterocycles. The number of carbonyl (C=O) groups excluding carboxylic acids is 1. The second-order valence-corrected chi connectivity index (χ2v) is 5.94. The third-order valence-electron chi connectivity index (χ3n) is 3.09. The number of ether oxygens (including phenoxy) is 2. The van der Waals surface area contributed by atoms with E-state index in [1.807, 2.05) is 24.7 Å². The fourth-order valence-electron chi connectivity index (χ4n) is 1.82. The van der Waals surface area contributed by atoms with Gasteiger partial charge in [-0.1, -0.05) is 11.8 Å². The maximum Gasteiger partial charge on any atom is 0.237 e. The number of hydrogen-bond donors (Lipinski definition) is 1. The smallest absolute Gasteiger partial charge is 0.237 e. The van der Waals surface area contributed by atoms with Crippen LogP contribution in [-0.2, 0) is 11.8 Å². The van der Waals surface area contributed by atoms with Gasteiger partial charge in [0.05, 0.1) is 25.2 Å². The lowest BCUT2D eigenvalue weighted by molar-refractivity contribution is -0.115. The number of amides is 1. The van der Waals surface area contributed by atoms with Crippen LogP contribution in [0.5, 0.6) is 11.5 Å². The number of methoxy groups -OCH3 is 2. The van der Waals surface area contributed by atoms with Crippen LogP contribution in [0.4, 0.5) is 5.69 Å². The number of thioether (sulfide) groups is 1. The van der Waals surface area contributed by atoms with E-state index in [1.54, 1.807) is 38.6 Å². The fourth-order valence-corrected chi connectivity index (χ4v) is 2.65. The SMILES string of the molecule is COc1ccc(OC)c(NC(=O)[C@@H](C)Sc2nccn2C)c1. The molecule has 2 rings (SSSR count). The highest BCUT2D eigenvalue weighted by Crippen LogP contribution is 2.30. The van der Waals surface area contributed by atoms with Gasteiger partial charge in [0.2, 0.25) is 5.91 Å². The second-order valence-electron chi connectivity index (χ2n) is 4.64. The summed E-state index contributed by atoms with van der Waals surface area (Å²) in [5.41, 5.74) is 0.583. The zero-order valence-electron chi connectivity index (χ0n) is 13.0. The summed E-state index contributed by atoms with van der Waals surface area (Å²) < 4.78 is 12.3. The molecular formula is C15H19N3O3S. The summed E-state index contributed by atoms with van der Waals surface area (Å²) in [5, 5.41) is 3.36. The van der Waals surface area contributed by atoms with Crippen molar-refractivity contribution in [3.05, 3.63) is 30.6 Å².